The molecular weight excluding hydrogens is 268 g/mol. The number of aliphatic hydroxyl groups is 1. The molecule has 4 nitrogen and oxygen atoms in total. The van der Waals surface area contributed by atoms with Gasteiger partial charge in [-0.25, -0.2) is 0 Å². The van der Waals surface area contributed by atoms with Gasteiger partial charge in [0.25, 0.3) is 5.91 Å². The van der Waals surface area contributed by atoms with E-state index in [0.717, 1.165) is 25.8 Å². The van der Waals surface area contributed by atoms with E-state index in [-0.39, 0.29) is 18.6 Å². The number of aliphatic hydroxyl groups excluding tert-OH is 1. The molecule has 18 heavy (non-hydrogen) atoms. The molecule has 1 saturated heterocycles. The highest BCUT2D eigenvalue weighted by Gasteiger charge is 2.24. The molecule has 2 N–H and O–H groups in total. The van der Waals surface area contributed by atoms with Crippen LogP contribution in [0.1, 0.15) is 28.9 Å². The number of thiocarbonyl (C=S) groups is 1. The number of carbonyl (C=O) groups is 1. The molecule has 0 bridgehead atoms. The predicted molar refractivity (Wildman–Crippen MR) is 75.8 cm³/mol. The van der Waals surface area contributed by atoms with Gasteiger partial charge in [0.05, 0.1) is 17.5 Å². The molecular formula is C12H16N2O2S2. The molecule has 1 amide bonds. The number of amides is 1. The molecule has 1 aliphatic heterocycles. The summed E-state index contributed by atoms with van der Waals surface area (Å²) in [6, 6.07) is 3.64. The highest BCUT2D eigenvalue weighted by atomic mass is 32.1. The average molecular weight is 284 g/mol. The third-order valence-electron chi connectivity index (χ3n) is 3.06. The van der Waals surface area contributed by atoms with Gasteiger partial charge in [0, 0.05) is 6.54 Å². The second-order valence-corrected chi connectivity index (χ2v) is 5.60. The van der Waals surface area contributed by atoms with Gasteiger partial charge in [-0.15, -0.1) is 11.3 Å². The Morgan fingerprint density at radius 2 is 2.44 bits per heavy atom. The van der Waals surface area contributed by atoms with Crippen LogP contribution < -0.4 is 5.32 Å². The van der Waals surface area contributed by atoms with Crippen LogP contribution in [0, 0.1) is 0 Å². The average Bonchev–Trinajstić information content (AvgIpc) is 2.92. The molecule has 1 fully saturated rings. The number of likely N-dealkylation sites (tertiary alicyclic amines) is 1. The van der Waals surface area contributed by atoms with Crippen LogP contribution in [-0.4, -0.2) is 40.2 Å². The molecule has 0 unspecified atom stereocenters. The zero-order valence-electron chi connectivity index (χ0n) is 9.96. The normalized spacial score (nSPS) is 19.6. The van der Waals surface area contributed by atoms with E-state index < -0.39 is 0 Å². The second-order valence-electron chi connectivity index (χ2n) is 4.26. The Kier molecular flexibility index (Phi) is 4.68. The Hall–Kier alpha value is -0.980. The summed E-state index contributed by atoms with van der Waals surface area (Å²) in [4.78, 5) is 14.4. The highest BCUT2D eigenvalue weighted by Crippen LogP contribution is 2.17. The Balaban J connectivity index is 1.96. The molecule has 2 rings (SSSR count). The first kappa shape index (κ1) is 13.5. The monoisotopic (exact) mass is 284 g/mol. The Morgan fingerprint density at radius 1 is 1.61 bits per heavy atom. The number of thiophene rings is 1. The summed E-state index contributed by atoms with van der Waals surface area (Å²) >= 11 is 6.64. The molecule has 6 heteroatoms. The Labute approximate surface area is 116 Å². The van der Waals surface area contributed by atoms with Crippen molar-refractivity contribution in [3.63, 3.8) is 0 Å². The van der Waals surface area contributed by atoms with Gasteiger partial charge in [-0.1, -0.05) is 6.07 Å². The molecule has 98 valence electrons. The molecule has 0 saturated carbocycles. The van der Waals surface area contributed by atoms with Gasteiger partial charge in [-0.2, -0.15) is 0 Å². The summed E-state index contributed by atoms with van der Waals surface area (Å²) in [5, 5.41) is 14.3. The van der Waals surface area contributed by atoms with Gasteiger partial charge in [0.2, 0.25) is 0 Å². The fourth-order valence-corrected chi connectivity index (χ4v) is 3.05. The molecule has 1 atom stereocenters. The summed E-state index contributed by atoms with van der Waals surface area (Å²) in [6.45, 7) is 0.879. The maximum atomic E-state index is 11.9. The zero-order chi connectivity index (χ0) is 13.0. The van der Waals surface area contributed by atoms with E-state index in [1.807, 2.05) is 16.3 Å². The van der Waals surface area contributed by atoms with Crippen molar-refractivity contribution >= 4 is 34.6 Å². The number of carbonyl (C=O) groups excluding carboxylic acids is 1. The summed E-state index contributed by atoms with van der Waals surface area (Å²) in [6.07, 6.45) is 3.07. The summed E-state index contributed by atoms with van der Waals surface area (Å²) in [7, 11) is 0. The van der Waals surface area contributed by atoms with Crippen LogP contribution in [0.4, 0.5) is 0 Å². The van der Waals surface area contributed by atoms with Crippen molar-refractivity contribution in [1.82, 2.24) is 10.2 Å². The van der Waals surface area contributed by atoms with Crippen molar-refractivity contribution in [2.75, 3.05) is 13.2 Å². The first-order valence-corrected chi connectivity index (χ1v) is 7.27. The first-order chi connectivity index (χ1) is 8.72. The van der Waals surface area contributed by atoms with Crippen molar-refractivity contribution < 1.29 is 9.90 Å². The predicted octanol–water partition coefficient (Wildman–Crippen LogP) is 1.61. The number of hydrogen-bond acceptors (Lipinski definition) is 4. The van der Waals surface area contributed by atoms with Gasteiger partial charge >= 0.3 is 0 Å². The minimum Gasteiger partial charge on any atom is -0.394 e. The summed E-state index contributed by atoms with van der Waals surface area (Å²) in [5.41, 5.74) is 0. The van der Waals surface area contributed by atoms with Gasteiger partial charge in [-0.05, 0) is 42.9 Å². The fraction of sp³-hybridized carbons (Fsp3) is 0.500. The fourth-order valence-electron chi connectivity index (χ4n) is 2.10. The van der Waals surface area contributed by atoms with Crippen molar-refractivity contribution in [2.24, 2.45) is 0 Å². The maximum absolute atomic E-state index is 11.9. The van der Waals surface area contributed by atoms with Crippen molar-refractivity contribution in [3.05, 3.63) is 22.4 Å². The first-order valence-electron chi connectivity index (χ1n) is 5.98. The number of nitrogens with one attached hydrogen (secondary N) is 1. The van der Waals surface area contributed by atoms with Crippen LogP contribution in [0.2, 0.25) is 0 Å². The van der Waals surface area contributed by atoms with E-state index in [1.165, 1.54) is 11.3 Å². The van der Waals surface area contributed by atoms with Crippen molar-refractivity contribution in [1.29, 1.82) is 0 Å². The van der Waals surface area contributed by atoms with Crippen LogP contribution in [0.25, 0.3) is 0 Å². The standard InChI is InChI=1S/C12H16N2O2S2/c15-8-9-4-1-2-6-14(9)12(17)13-11(16)10-5-3-7-18-10/h3,5,7,9,15H,1-2,4,6,8H2,(H,13,16,17)/t9-/m0/s1. The van der Waals surface area contributed by atoms with Crippen molar-refractivity contribution in [3.8, 4) is 0 Å². The third-order valence-corrected chi connectivity index (χ3v) is 4.27. The summed E-state index contributed by atoms with van der Waals surface area (Å²) in [5.74, 6) is -0.169. The topological polar surface area (TPSA) is 52.6 Å². The van der Waals surface area contributed by atoms with Gasteiger partial charge < -0.3 is 10.0 Å². The minimum absolute atomic E-state index is 0.0369. The van der Waals surface area contributed by atoms with E-state index in [1.54, 1.807) is 6.07 Å². The smallest absolute Gasteiger partial charge is 0.267 e. The molecule has 0 aromatic carbocycles. The number of hydrogen-bond donors (Lipinski definition) is 2. The lowest BCUT2D eigenvalue weighted by molar-refractivity contribution is 0.0966. The molecule has 0 radical (unpaired) electrons. The SMILES string of the molecule is O=C(NC(=S)N1CCCC[C@H]1CO)c1cccs1. The number of rotatable bonds is 2. The molecule has 0 spiro atoms. The second kappa shape index (κ2) is 6.26. The van der Waals surface area contributed by atoms with E-state index in [9.17, 15) is 9.90 Å². The largest absolute Gasteiger partial charge is 0.394 e. The lowest BCUT2D eigenvalue weighted by atomic mass is 10.0. The van der Waals surface area contributed by atoms with Crippen LogP contribution in [0.3, 0.4) is 0 Å². The van der Waals surface area contributed by atoms with Crippen LogP contribution in [-0.2, 0) is 0 Å². The van der Waals surface area contributed by atoms with E-state index in [2.05, 4.69) is 5.32 Å². The highest BCUT2D eigenvalue weighted by molar-refractivity contribution is 7.80. The van der Waals surface area contributed by atoms with Crippen LogP contribution in [0.5, 0.6) is 0 Å². The van der Waals surface area contributed by atoms with Gasteiger partial charge in [0.1, 0.15) is 0 Å². The van der Waals surface area contributed by atoms with E-state index in [0.29, 0.717) is 9.99 Å². The lowest BCUT2D eigenvalue weighted by Gasteiger charge is -2.36. The van der Waals surface area contributed by atoms with Gasteiger partial charge in [-0.3, -0.25) is 10.1 Å². The lowest BCUT2D eigenvalue weighted by Crippen LogP contribution is -2.51. The van der Waals surface area contributed by atoms with Crippen LogP contribution >= 0.6 is 23.6 Å². The zero-order valence-corrected chi connectivity index (χ0v) is 11.6. The Bertz CT molecular complexity index is 420. The van der Waals surface area contributed by atoms with Crippen LogP contribution in [0.15, 0.2) is 17.5 Å². The molecule has 0 aliphatic carbocycles. The van der Waals surface area contributed by atoms with E-state index in [4.69, 9.17) is 12.2 Å². The molecule has 1 aromatic heterocycles. The third kappa shape index (κ3) is 3.07. The Morgan fingerprint density at radius 3 is 3.11 bits per heavy atom. The molecule has 1 aliphatic rings. The summed E-state index contributed by atoms with van der Waals surface area (Å²) < 4.78 is 0. The maximum Gasteiger partial charge on any atom is 0.267 e. The van der Waals surface area contributed by atoms with Gasteiger partial charge in [0.15, 0.2) is 5.11 Å². The molecule has 2 heterocycles. The number of nitrogens with zero attached hydrogens (tertiary/aromatic N) is 1. The quantitative estimate of drug-likeness (QED) is 0.810. The van der Waals surface area contributed by atoms with E-state index >= 15 is 0 Å². The minimum atomic E-state index is -0.169. The molecule has 1 aromatic rings. The van der Waals surface area contributed by atoms with Crippen molar-refractivity contribution in [2.45, 2.75) is 25.3 Å². The number of piperidine rings is 1.